The van der Waals surface area contributed by atoms with E-state index in [-0.39, 0.29) is 0 Å². The molecule has 7 heteroatoms. The molecule has 4 rings (SSSR count). The fourth-order valence-corrected chi connectivity index (χ4v) is 3.01. The Kier molecular flexibility index (Phi) is 8.21. The highest BCUT2D eigenvalue weighted by molar-refractivity contribution is 6.31. The number of hydrogen-bond donors (Lipinski definition) is 1. The number of aromatic nitrogens is 5. The Morgan fingerprint density at radius 2 is 1.79 bits per heavy atom. The lowest BCUT2D eigenvalue weighted by atomic mass is 10.2. The van der Waals surface area contributed by atoms with E-state index in [1.165, 1.54) is 0 Å². The molecule has 0 aliphatic heterocycles. The Labute approximate surface area is 177 Å². The van der Waals surface area contributed by atoms with Crippen LogP contribution in [0.4, 0.5) is 5.82 Å². The van der Waals surface area contributed by atoms with Gasteiger partial charge in [-0.3, -0.25) is 4.68 Å². The van der Waals surface area contributed by atoms with Crippen molar-refractivity contribution in [3.05, 3.63) is 59.5 Å². The number of hydrogen-bond acceptors (Lipinski definition) is 4. The van der Waals surface area contributed by atoms with Crippen LogP contribution in [-0.2, 0) is 13.1 Å². The maximum Gasteiger partial charge on any atom is 0.143 e. The SMILES string of the molecule is CC.CC.CCn1ccc(Cn2c(-c3ccc(N)nc3)nc3cc(Cl)ccc32)n1. The van der Waals surface area contributed by atoms with Gasteiger partial charge in [-0.1, -0.05) is 39.3 Å². The van der Waals surface area contributed by atoms with Gasteiger partial charge in [-0.25, -0.2) is 9.97 Å². The summed E-state index contributed by atoms with van der Waals surface area (Å²) < 4.78 is 4.04. The Balaban J connectivity index is 0.000000707. The second-order valence-electron chi connectivity index (χ2n) is 5.79. The minimum atomic E-state index is 0.483. The molecule has 0 spiro atoms. The van der Waals surface area contributed by atoms with E-state index in [1.807, 2.05) is 68.9 Å². The number of nitrogens with two attached hydrogens (primary N) is 1. The summed E-state index contributed by atoms with van der Waals surface area (Å²) in [6, 6.07) is 11.4. The van der Waals surface area contributed by atoms with Crippen molar-refractivity contribution in [3.63, 3.8) is 0 Å². The number of pyridine rings is 1. The number of imidazole rings is 1. The van der Waals surface area contributed by atoms with E-state index in [2.05, 4.69) is 21.6 Å². The number of benzene rings is 1. The van der Waals surface area contributed by atoms with Crippen LogP contribution in [-0.4, -0.2) is 24.3 Å². The van der Waals surface area contributed by atoms with Crippen LogP contribution in [0, 0.1) is 0 Å². The number of halogens is 1. The fraction of sp³-hybridized carbons (Fsp3) is 0.318. The van der Waals surface area contributed by atoms with Gasteiger partial charge in [-0.15, -0.1) is 0 Å². The summed E-state index contributed by atoms with van der Waals surface area (Å²) in [6.07, 6.45) is 3.72. The average Bonchev–Trinajstić information content (AvgIpc) is 3.36. The first-order valence-corrected chi connectivity index (χ1v) is 10.4. The van der Waals surface area contributed by atoms with Gasteiger partial charge in [0.05, 0.1) is 23.3 Å². The molecule has 0 radical (unpaired) electrons. The topological polar surface area (TPSA) is 74.5 Å². The second-order valence-corrected chi connectivity index (χ2v) is 6.23. The van der Waals surface area contributed by atoms with E-state index in [4.69, 9.17) is 22.3 Å². The van der Waals surface area contributed by atoms with Crippen molar-refractivity contribution >= 4 is 28.5 Å². The highest BCUT2D eigenvalue weighted by Gasteiger charge is 2.15. The number of anilines is 1. The van der Waals surface area contributed by atoms with E-state index < -0.39 is 0 Å². The molecule has 2 N–H and O–H groups in total. The van der Waals surface area contributed by atoms with E-state index in [0.29, 0.717) is 17.4 Å². The lowest BCUT2D eigenvalue weighted by molar-refractivity contribution is 0.639. The van der Waals surface area contributed by atoms with Gasteiger partial charge in [0.15, 0.2) is 0 Å². The molecular formula is C22H29ClN6. The Hall–Kier alpha value is -2.86. The first-order valence-electron chi connectivity index (χ1n) is 10.0. The summed E-state index contributed by atoms with van der Waals surface area (Å²) in [5, 5.41) is 5.24. The molecule has 0 bridgehead atoms. The first-order chi connectivity index (χ1) is 14.1. The molecule has 3 aromatic heterocycles. The quantitative estimate of drug-likeness (QED) is 0.469. The van der Waals surface area contributed by atoms with Gasteiger partial charge in [0.2, 0.25) is 0 Å². The summed E-state index contributed by atoms with van der Waals surface area (Å²) in [6.45, 7) is 11.5. The van der Waals surface area contributed by atoms with Crippen LogP contribution in [0.2, 0.25) is 5.02 Å². The second kappa shape index (κ2) is 10.6. The number of nitrogens with zero attached hydrogens (tertiary/aromatic N) is 5. The zero-order chi connectivity index (χ0) is 21.4. The van der Waals surface area contributed by atoms with Crippen molar-refractivity contribution in [1.29, 1.82) is 0 Å². The smallest absolute Gasteiger partial charge is 0.143 e. The van der Waals surface area contributed by atoms with Crippen molar-refractivity contribution in [1.82, 2.24) is 24.3 Å². The van der Waals surface area contributed by atoms with Crippen LogP contribution in [0.25, 0.3) is 22.4 Å². The van der Waals surface area contributed by atoms with Crippen molar-refractivity contribution < 1.29 is 0 Å². The molecule has 0 saturated heterocycles. The Bertz CT molecular complexity index is 1030. The summed E-state index contributed by atoms with van der Waals surface area (Å²) in [5.74, 6) is 1.30. The predicted octanol–water partition coefficient (Wildman–Crippen LogP) is 5.65. The van der Waals surface area contributed by atoms with Crippen molar-refractivity contribution in [3.8, 4) is 11.4 Å². The third-order valence-corrected chi connectivity index (χ3v) is 4.33. The van der Waals surface area contributed by atoms with Gasteiger partial charge in [-0.2, -0.15) is 5.10 Å². The number of aryl methyl sites for hydroxylation is 1. The first kappa shape index (κ1) is 22.4. The van der Waals surface area contributed by atoms with Gasteiger partial charge in [-0.05, 0) is 43.3 Å². The third-order valence-electron chi connectivity index (χ3n) is 4.09. The van der Waals surface area contributed by atoms with E-state index >= 15 is 0 Å². The van der Waals surface area contributed by atoms with Crippen LogP contribution in [0.15, 0.2) is 48.8 Å². The van der Waals surface area contributed by atoms with Crippen LogP contribution in [0.1, 0.15) is 40.3 Å². The fourth-order valence-electron chi connectivity index (χ4n) is 2.85. The minimum Gasteiger partial charge on any atom is -0.384 e. The zero-order valence-electron chi connectivity index (χ0n) is 17.7. The molecule has 0 fully saturated rings. The largest absolute Gasteiger partial charge is 0.384 e. The molecule has 0 amide bonds. The standard InChI is InChI=1S/C18H17ClN6.2C2H6/c1-2-24-8-7-14(23-24)11-25-16-5-4-13(19)9-15(16)22-18(25)12-3-6-17(20)21-10-12;2*1-2/h3-10H,2,11H2,1H3,(H2,20,21);2*1-2H3. The Morgan fingerprint density at radius 1 is 1.03 bits per heavy atom. The van der Waals surface area contributed by atoms with Crippen LogP contribution >= 0.6 is 11.6 Å². The maximum absolute atomic E-state index is 6.14. The number of fused-ring (bicyclic) bond motifs is 1. The molecule has 0 saturated carbocycles. The number of nitrogen functional groups attached to an aromatic ring is 1. The van der Waals surface area contributed by atoms with Crippen molar-refractivity contribution in [2.45, 2.75) is 47.7 Å². The van der Waals surface area contributed by atoms with Crippen LogP contribution in [0.5, 0.6) is 0 Å². The molecule has 0 unspecified atom stereocenters. The van der Waals surface area contributed by atoms with Crippen molar-refractivity contribution in [2.24, 2.45) is 0 Å². The van der Waals surface area contributed by atoms with Crippen LogP contribution < -0.4 is 5.73 Å². The molecular weight excluding hydrogens is 384 g/mol. The summed E-state index contributed by atoms with van der Waals surface area (Å²) >= 11 is 6.14. The molecule has 29 heavy (non-hydrogen) atoms. The van der Waals surface area contributed by atoms with E-state index in [1.54, 1.807) is 12.3 Å². The van der Waals surface area contributed by atoms with Gasteiger partial charge in [0.1, 0.15) is 11.6 Å². The summed E-state index contributed by atoms with van der Waals surface area (Å²) in [4.78, 5) is 8.95. The molecule has 3 heterocycles. The normalized spacial score (nSPS) is 10.1. The molecule has 4 aromatic rings. The molecule has 1 aromatic carbocycles. The van der Waals surface area contributed by atoms with Crippen LogP contribution in [0.3, 0.4) is 0 Å². The highest BCUT2D eigenvalue weighted by atomic mass is 35.5. The minimum absolute atomic E-state index is 0.483. The van der Waals surface area contributed by atoms with E-state index in [0.717, 1.165) is 34.7 Å². The molecule has 0 atom stereocenters. The van der Waals surface area contributed by atoms with Gasteiger partial charge in [0, 0.05) is 29.5 Å². The Morgan fingerprint density at radius 3 is 2.41 bits per heavy atom. The molecule has 6 nitrogen and oxygen atoms in total. The number of rotatable bonds is 4. The molecule has 154 valence electrons. The summed E-state index contributed by atoms with van der Waals surface area (Å²) in [7, 11) is 0. The highest BCUT2D eigenvalue weighted by Crippen LogP contribution is 2.27. The average molecular weight is 413 g/mol. The molecule has 0 aliphatic rings. The van der Waals surface area contributed by atoms with Crippen molar-refractivity contribution in [2.75, 3.05) is 5.73 Å². The van der Waals surface area contributed by atoms with Gasteiger partial charge < -0.3 is 10.3 Å². The zero-order valence-corrected chi connectivity index (χ0v) is 18.5. The van der Waals surface area contributed by atoms with Gasteiger partial charge >= 0.3 is 0 Å². The summed E-state index contributed by atoms with van der Waals surface area (Å²) in [5.41, 5.74) is 9.43. The lowest BCUT2D eigenvalue weighted by Crippen LogP contribution is -2.04. The lowest BCUT2D eigenvalue weighted by Gasteiger charge is -2.08. The van der Waals surface area contributed by atoms with Gasteiger partial charge in [0.25, 0.3) is 0 Å². The maximum atomic E-state index is 6.14. The predicted molar refractivity (Wildman–Crippen MR) is 122 cm³/mol. The third kappa shape index (κ3) is 5.15. The monoisotopic (exact) mass is 412 g/mol. The van der Waals surface area contributed by atoms with E-state index in [9.17, 15) is 0 Å². The molecule has 0 aliphatic carbocycles.